The summed E-state index contributed by atoms with van der Waals surface area (Å²) in [6, 6.07) is 7.92. The molecule has 0 aliphatic carbocycles. The van der Waals surface area contributed by atoms with Crippen molar-refractivity contribution >= 4 is 11.6 Å². The minimum Gasteiger partial charge on any atom is -0.368 e. The van der Waals surface area contributed by atoms with Crippen molar-refractivity contribution in [2.75, 3.05) is 37.6 Å². The van der Waals surface area contributed by atoms with Gasteiger partial charge < -0.3 is 10.2 Å². The van der Waals surface area contributed by atoms with Gasteiger partial charge >= 0.3 is 0 Å². The normalized spacial score (nSPS) is 16.1. The number of hydrogen-bond donors (Lipinski definition) is 1. The van der Waals surface area contributed by atoms with Gasteiger partial charge in [-0.05, 0) is 31.9 Å². The number of hydrogen-bond acceptors (Lipinski definition) is 5. The highest BCUT2D eigenvalue weighted by Crippen LogP contribution is 2.19. The van der Waals surface area contributed by atoms with E-state index in [9.17, 15) is 9.59 Å². The number of anilines is 1. The molecule has 1 fully saturated rings. The Bertz CT molecular complexity index is 900. The Morgan fingerprint density at radius 3 is 2.57 bits per heavy atom. The summed E-state index contributed by atoms with van der Waals surface area (Å²) >= 11 is 0. The van der Waals surface area contributed by atoms with Gasteiger partial charge in [-0.2, -0.15) is 5.10 Å². The monoisotopic (exact) mass is 383 g/mol. The van der Waals surface area contributed by atoms with Crippen molar-refractivity contribution in [3.05, 3.63) is 57.5 Å². The van der Waals surface area contributed by atoms with Crippen molar-refractivity contribution in [1.82, 2.24) is 20.0 Å². The molecule has 1 aromatic carbocycles. The second-order valence-electron chi connectivity index (χ2n) is 7.59. The number of aromatic nitrogens is 2. The minimum atomic E-state index is -0.111. The molecule has 2 aromatic rings. The van der Waals surface area contributed by atoms with Gasteiger partial charge in [0.25, 0.3) is 5.56 Å². The Balaban J connectivity index is 1.51. The molecule has 1 amide bonds. The van der Waals surface area contributed by atoms with Crippen LogP contribution in [0.4, 0.5) is 5.69 Å². The fourth-order valence-electron chi connectivity index (χ4n) is 3.59. The number of amides is 1. The number of rotatable bonds is 5. The van der Waals surface area contributed by atoms with Crippen LogP contribution in [0.2, 0.25) is 0 Å². The molecule has 0 bridgehead atoms. The standard InChI is InChI=1S/C21H29N5O2/c1-15-5-6-16(2)19(11-15)17(3)23-20(27)14-25-7-9-26(10-8-25)18-12-21(28)24(4)22-13-18/h5-6,11-13,17H,7-10,14H2,1-4H3,(H,23,27)/t17-/m1/s1. The second-order valence-corrected chi connectivity index (χ2v) is 7.59. The van der Waals surface area contributed by atoms with E-state index in [2.05, 4.69) is 52.3 Å². The van der Waals surface area contributed by atoms with Crippen molar-refractivity contribution < 1.29 is 4.79 Å². The van der Waals surface area contributed by atoms with Crippen molar-refractivity contribution in [2.45, 2.75) is 26.8 Å². The summed E-state index contributed by atoms with van der Waals surface area (Å²) in [5.41, 5.74) is 4.28. The lowest BCUT2D eigenvalue weighted by Crippen LogP contribution is -2.50. The minimum absolute atomic E-state index is 0.0136. The molecule has 1 saturated heterocycles. The molecule has 1 atom stereocenters. The van der Waals surface area contributed by atoms with Crippen LogP contribution in [0, 0.1) is 13.8 Å². The average molecular weight is 383 g/mol. The molecular weight excluding hydrogens is 354 g/mol. The zero-order valence-electron chi connectivity index (χ0n) is 17.1. The van der Waals surface area contributed by atoms with E-state index in [1.54, 1.807) is 19.3 Å². The Morgan fingerprint density at radius 2 is 1.89 bits per heavy atom. The molecule has 3 rings (SSSR count). The second kappa shape index (κ2) is 8.56. The van der Waals surface area contributed by atoms with Crippen LogP contribution in [-0.2, 0) is 11.8 Å². The SMILES string of the molecule is Cc1ccc(C)c([C@@H](C)NC(=O)CN2CCN(c3cnn(C)c(=O)c3)CC2)c1. The lowest BCUT2D eigenvalue weighted by molar-refractivity contribution is -0.123. The lowest BCUT2D eigenvalue weighted by Gasteiger charge is -2.35. The van der Waals surface area contributed by atoms with Crippen LogP contribution in [0.25, 0.3) is 0 Å². The van der Waals surface area contributed by atoms with Gasteiger partial charge in [0, 0.05) is 39.3 Å². The molecule has 1 aromatic heterocycles. The van der Waals surface area contributed by atoms with E-state index in [0.29, 0.717) is 6.54 Å². The molecule has 0 saturated carbocycles. The number of nitrogens with one attached hydrogen (secondary N) is 1. The fraction of sp³-hybridized carbons (Fsp3) is 0.476. The van der Waals surface area contributed by atoms with E-state index in [4.69, 9.17) is 0 Å². The Kier molecular flexibility index (Phi) is 6.14. The molecular formula is C21H29N5O2. The van der Waals surface area contributed by atoms with Gasteiger partial charge in [0.15, 0.2) is 0 Å². The average Bonchev–Trinajstić information content (AvgIpc) is 2.66. The topological polar surface area (TPSA) is 70.5 Å². The lowest BCUT2D eigenvalue weighted by atomic mass is 10.00. The summed E-state index contributed by atoms with van der Waals surface area (Å²) in [6.07, 6.45) is 1.72. The maximum absolute atomic E-state index is 12.5. The van der Waals surface area contributed by atoms with Crippen molar-refractivity contribution in [1.29, 1.82) is 0 Å². The fourth-order valence-corrected chi connectivity index (χ4v) is 3.59. The summed E-state index contributed by atoms with van der Waals surface area (Å²) in [6.45, 7) is 9.65. The largest absolute Gasteiger partial charge is 0.368 e. The van der Waals surface area contributed by atoms with Crippen LogP contribution in [0.15, 0.2) is 35.3 Å². The first kappa shape index (κ1) is 20.1. The summed E-state index contributed by atoms with van der Waals surface area (Å²) < 4.78 is 1.32. The molecule has 1 aliphatic heterocycles. The number of carbonyl (C=O) groups is 1. The highest BCUT2D eigenvalue weighted by molar-refractivity contribution is 5.78. The predicted octanol–water partition coefficient (Wildman–Crippen LogP) is 1.40. The molecule has 0 spiro atoms. The van der Waals surface area contributed by atoms with Crippen LogP contribution < -0.4 is 15.8 Å². The summed E-state index contributed by atoms with van der Waals surface area (Å²) in [5.74, 6) is 0.0390. The van der Waals surface area contributed by atoms with Crippen molar-refractivity contribution in [3.63, 3.8) is 0 Å². The van der Waals surface area contributed by atoms with Gasteiger partial charge in [-0.15, -0.1) is 0 Å². The van der Waals surface area contributed by atoms with Gasteiger partial charge in [-0.3, -0.25) is 14.5 Å². The van der Waals surface area contributed by atoms with Crippen LogP contribution in [0.3, 0.4) is 0 Å². The van der Waals surface area contributed by atoms with E-state index in [1.807, 2.05) is 6.92 Å². The van der Waals surface area contributed by atoms with Crippen LogP contribution >= 0.6 is 0 Å². The van der Waals surface area contributed by atoms with Gasteiger partial charge in [0.05, 0.1) is 24.5 Å². The van der Waals surface area contributed by atoms with Gasteiger partial charge in [0.2, 0.25) is 5.91 Å². The smallest absolute Gasteiger partial charge is 0.268 e. The number of benzene rings is 1. The number of aryl methyl sites for hydroxylation is 3. The van der Waals surface area contributed by atoms with E-state index in [1.165, 1.54) is 15.8 Å². The molecule has 0 unspecified atom stereocenters. The van der Waals surface area contributed by atoms with Gasteiger partial charge in [-0.25, -0.2) is 4.68 Å². The molecule has 7 nitrogen and oxygen atoms in total. The third kappa shape index (κ3) is 4.78. The maximum Gasteiger partial charge on any atom is 0.268 e. The molecule has 1 aliphatic rings. The number of nitrogens with zero attached hydrogens (tertiary/aromatic N) is 4. The first-order valence-corrected chi connectivity index (χ1v) is 9.70. The van der Waals surface area contributed by atoms with E-state index in [-0.39, 0.29) is 17.5 Å². The van der Waals surface area contributed by atoms with Crippen LogP contribution in [-0.4, -0.2) is 53.3 Å². The van der Waals surface area contributed by atoms with Crippen LogP contribution in [0.1, 0.15) is 29.7 Å². The highest BCUT2D eigenvalue weighted by atomic mass is 16.2. The third-order valence-corrected chi connectivity index (χ3v) is 5.34. The van der Waals surface area contributed by atoms with E-state index < -0.39 is 0 Å². The van der Waals surface area contributed by atoms with E-state index >= 15 is 0 Å². The Labute approximate surface area is 166 Å². The van der Waals surface area contributed by atoms with Crippen molar-refractivity contribution in [2.24, 2.45) is 7.05 Å². The summed E-state index contributed by atoms with van der Waals surface area (Å²) in [4.78, 5) is 28.6. The van der Waals surface area contributed by atoms with Crippen molar-refractivity contribution in [3.8, 4) is 0 Å². The molecule has 1 N–H and O–H groups in total. The number of piperazine rings is 1. The quantitative estimate of drug-likeness (QED) is 0.845. The first-order valence-electron chi connectivity index (χ1n) is 9.70. The first-order chi connectivity index (χ1) is 13.3. The Hall–Kier alpha value is -2.67. The zero-order chi connectivity index (χ0) is 20.3. The predicted molar refractivity (Wildman–Crippen MR) is 111 cm³/mol. The molecule has 7 heteroatoms. The van der Waals surface area contributed by atoms with Crippen LogP contribution in [0.5, 0.6) is 0 Å². The molecule has 28 heavy (non-hydrogen) atoms. The van der Waals surface area contributed by atoms with Gasteiger partial charge in [-0.1, -0.05) is 23.8 Å². The third-order valence-electron chi connectivity index (χ3n) is 5.34. The highest BCUT2D eigenvalue weighted by Gasteiger charge is 2.21. The summed E-state index contributed by atoms with van der Waals surface area (Å²) in [5, 5.41) is 7.20. The number of carbonyl (C=O) groups excluding carboxylic acids is 1. The molecule has 2 heterocycles. The summed E-state index contributed by atoms with van der Waals surface area (Å²) in [7, 11) is 1.64. The van der Waals surface area contributed by atoms with E-state index in [0.717, 1.165) is 37.4 Å². The maximum atomic E-state index is 12.5. The Morgan fingerprint density at radius 1 is 1.18 bits per heavy atom. The zero-order valence-corrected chi connectivity index (χ0v) is 17.1. The molecule has 150 valence electrons. The molecule has 0 radical (unpaired) electrons. The van der Waals surface area contributed by atoms with Gasteiger partial charge in [0.1, 0.15) is 0 Å².